The summed E-state index contributed by atoms with van der Waals surface area (Å²) in [5, 5.41) is 12.9. The molecule has 0 spiro atoms. The number of benzene rings is 2. The molecule has 10 nitrogen and oxygen atoms in total. The molecule has 1 aromatic heterocycles. The van der Waals surface area contributed by atoms with Gasteiger partial charge in [-0.3, -0.25) is 28.9 Å². The second-order valence-electron chi connectivity index (χ2n) is 11.4. The van der Waals surface area contributed by atoms with Crippen LogP contribution >= 0.6 is 23.1 Å². The van der Waals surface area contributed by atoms with E-state index in [1.54, 1.807) is 17.8 Å². The first kappa shape index (κ1) is 27.0. The largest absolute Gasteiger partial charge is 0.484 e. The van der Waals surface area contributed by atoms with E-state index in [9.17, 15) is 29.1 Å². The van der Waals surface area contributed by atoms with Gasteiger partial charge in [-0.05, 0) is 66.5 Å². The predicted molar refractivity (Wildman–Crippen MR) is 155 cm³/mol. The first-order chi connectivity index (χ1) is 20.2. The maximum Gasteiger partial charge on any atom is 0.323 e. The molecule has 2 aliphatic heterocycles. The summed E-state index contributed by atoms with van der Waals surface area (Å²) in [7, 11) is 0. The molecular formula is C30H27N3O7S2. The number of carboxylic acid groups (broad SMARTS) is 1. The molecular weight excluding hydrogens is 578 g/mol. The standard InChI is InChI=1S/C30H27N3O7S2/c1-13-4-2-6-15(8-13)31-19(34)12-40-16-7-3-5-14(9-16)21-22-17-10-18(25(22)41-27-26(21)42-30(39)32-27)24-23(17)28(37)33(29(24)38)11-20(35)36/h2-9,17-18,21-25H,10-12H2,1H3,(H,31,34)(H,32,39)(H,35,36)/t17?,18?,21-,22?,23?,24?,25?/m1/s1. The molecule has 3 fully saturated rings. The predicted octanol–water partition coefficient (Wildman–Crippen LogP) is 3.32. The van der Waals surface area contributed by atoms with Crippen LogP contribution in [0.5, 0.6) is 5.75 Å². The molecule has 2 bridgehead atoms. The molecule has 42 heavy (non-hydrogen) atoms. The number of ether oxygens (including phenoxy) is 1. The van der Waals surface area contributed by atoms with Crippen molar-refractivity contribution < 1.29 is 29.0 Å². The zero-order valence-electron chi connectivity index (χ0n) is 22.4. The number of aliphatic carboxylic acids is 1. The molecule has 2 saturated carbocycles. The minimum absolute atomic E-state index is 0.00907. The molecule has 7 atom stereocenters. The van der Waals surface area contributed by atoms with Gasteiger partial charge in [0, 0.05) is 21.7 Å². The second-order valence-corrected chi connectivity index (χ2v) is 13.6. The van der Waals surface area contributed by atoms with Gasteiger partial charge in [-0.2, -0.15) is 0 Å². The number of rotatable bonds is 7. The maximum absolute atomic E-state index is 13.4. The van der Waals surface area contributed by atoms with Crippen molar-refractivity contribution >= 4 is 52.5 Å². The summed E-state index contributed by atoms with van der Waals surface area (Å²) in [6, 6.07) is 15.0. The Labute approximate surface area is 248 Å². The Hall–Kier alpha value is -3.90. The van der Waals surface area contributed by atoms with Crippen molar-refractivity contribution in [3.8, 4) is 5.75 Å². The summed E-state index contributed by atoms with van der Waals surface area (Å²) < 4.78 is 5.88. The SMILES string of the molecule is Cc1cccc(NC(=O)COc2cccc([C@H]3c4sc(=O)[nH]c4SC4C5CC(C6C(=O)N(CC(=O)O)C(=O)C56)C43)c2)c1. The fourth-order valence-electron chi connectivity index (χ4n) is 7.61. The number of fused-ring (bicyclic) bond motifs is 9. The van der Waals surface area contributed by atoms with Crippen molar-refractivity contribution in [3.05, 3.63) is 74.2 Å². The van der Waals surface area contributed by atoms with Crippen molar-refractivity contribution in [2.24, 2.45) is 29.6 Å². The number of carbonyl (C=O) groups is 4. The summed E-state index contributed by atoms with van der Waals surface area (Å²) in [4.78, 5) is 67.7. The highest BCUT2D eigenvalue weighted by atomic mass is 32.2. The van der Waals surface area contributed by atoms with Crippen molar-refractivity contribution in [2.45, 2.75) is 29.5 Å². The Morgan fingerprint density at radius 1 is 1.07 bits per heavy atom. The topological polar surface area (TPSA) is 146 Å². The number of thiazole rings is 1. The van der Waals surface area contributed by atoms with Gasteiger partial charge < -0.3 is 20.1 Å². The van der Waals surface area contributed by atoms with Crippen LogP contribution in [0.2, 0.25) is 0 Å². The lowest BCUT2D eigenvalue weighted by molar-refractivity contribution is -0.149. The van der Waals surface area contributed by atoms with Gasteiger partial charge in [0.05, 0.1) is 16.9 Å². The van der Waals surface area contributed by atoms with E-state index in [-0.39, 0.29) is 52.2 Å². The number of carbonyl (C=O) groups excluding carboxylic acids is 3. The monoisotopic (exact) mass is 605 g/mol. The summed E-state index contributed by atoms with van der Waals surface area (Å²) in [5.74, 6) is -3.30. The number of likely N-dealkylation sites (tertiary alicyclic amines) is 1. The van der Waals surface area contributed by atoms with E-state index >= 15 is 0 Å². The van der Waals surface area contributed by atoms with Crippen LogP contribution in [0.3, 0.4) is 0 Å². The van der Waals surface area contributed by atoms with Crippen LogP contribution in [0, 0.1) is 36.5 Å². The minimum Gasteiger partial charge on any atom is -0.484 e. The molecule has 2 aliphatic carbocycles. The Balaban J connectivity index is 1.17. The van der Waals surface area contributed by atoms with E-state index in [1.165, 1.54) is 0 Å². The van der Waals surface area contributed by atoms with Gasteiger partial charge in [0.25, 0.3) is 5.91 Å². The van der Waals surface area contributed by atoms with E-state index in [1.807, 2.05) is 49.4 Å². The quantitative estimate of drug-likeness (QED) is 0.348. The van der Waals surface area contributed by atoms with Crippen LogP contribution < -0.4 is 14.9 Å². The van der Waals surface area contributed by atoms with Crippen LogP contribution in [-0.2, 0) is 19.2 Å². The lowest BCUT2D eigenvalue weighted by Gasteiger charge is -2.43. The number of amides is 3. The normalized spacial score (nSPS) is 28.8. The van der Waals surface area contributed by atoms with E-state index in [2.05, 4.69) is 10.3 Å². The number of thioether (sulfide) groups is 1. The van der Waals surface area contributed by atoms with E-state index < -0.39 is 30.3 Å². The van der Waals surface area contributed by atoms with Gasteiger partial charge in [-0.15, -0.1) is 11.8 Å². The number of nitrogens with one attached hydrogen (secondary N) is 2. The van der Waals surface area contributed by atoms with Crippen LogP contribution in [0.1, 0.15) is 28.3 Å². The number of aromatic amines is 1. The van der Waals surface area contributed by atoms with Gasteiger partial charge in [-0.25, -0.2) is 0 Å². The van der Waals surface area contributed by atoms with Crippen LogP contribution in [-0.4, -0.2) is 57.1 Å². The zero-order valence-corrected chi connectivity index (χ0v) is 24.1. The molecule has 4 aliphatic rings. The number of anilines is 1. The molecule has 3 heterocycles. The highest BCUT2D eigenvalue weighted by Gasteiger charge is 2.69. The van der Waals surface area contributed by atoms with Gasteiger partial charge in [-0.1, -0.05) is 35.6 Å². The number of nitrogens with zero attached hydrogens (tertiary/aromatic N) is 1. The number of hydrogen-bond acceptors (Lipinski definition) is 8. The average molecular weight is 606 g/mol. The lowest BCUT2D eigenvalue weighted by atomic mass is 9.68. The highest BCUT2D eigenvalue weighted by molar-refractivity contribution is 8.00. The molecule has 0 radical (unpaired) electrons. The van der Waals surface area contributed by atoms with E-state index in [0.717, 1.165) is 37.3 Å². The molecule has 6 unspecified atom stereocenters. The van der Waals surface area contributed by atoms with Crippen LogP contribution in [0.15, 0.2) is 58.4 Å². The number of imide groups is 1. The Kier molecular flexibility index (Phi) is 6.50. The smallest absolute Gasteiger partial charge is 0.323 e. The minimum atomic E-state index is -1.21. The second kappa shape index (κ2) is 10.1. The summed E-state index contributed by atoms with van der Waals surface area (Å²) in [6.45, 7) is 1.14. The summed E-state index contributed by atoms with van der Waals surface area (Å²) >= 11 is 2.72. The third-order valence-corrected chi connectivity index (χ3v) is 11.6. The number of carboxylic acids is 1. The average Bonchev–Trinajstić information content (AvgIpc) is 3.68. The van der Waals surface area contributed by atoms with Crippen molar-refractivity contribution in [3.63, 3.8) is 0 Å². The van der Waals surface area contributed by atoms with Crippen LogP contribution in [0.25, 0.3) is 0 Å². The molecule has 3 aromatic rings. The molecule has 3 amide bonds. The zero-order chi connectivity index (χ0) is 29.3. The summed E-state index contributed by atoms with van der Waals surface area (Å²) in [5.41, 5.74) is 2.62. The summed E-state index contributed by atoms with van der Waals surface area (Å²) in [6.07, 6.45) is 0.709. The van der Waals surface area contributed by atoms with Crippen molar-refractivity contribution in [1.29, 1.82) is 0 Å². The lowest BCUT2D eigenvalue weighted by Crippen LogP contribution is -2.42. The molecule has 12 heteroatoms. The van der Waals surface area contributed by atoms with Crippen molar-refractivity contribution in [1.82, 2.24) is 9.88 Å². The molecule has 2 aromatic carbocycles. The van der Waals surface area contributed by atoms with Gasteiger partial charge in [0.2, 0.25) is 11.8 Å². The van der Waals surface area contributed by atoms with Crippen molar-refractivity contribution in [2.75, 3.05) is 18.5 Å². The number of hydrogen-bond donors (Lipinski definition) is 3. The molecule has 216 valence electrons. The fraction of sp³-hybridized carbons (Fsp3) is 0.367. The molecule has 3 N–H and O–H groups in total. The van der Waals surface area contributed by atoms with Crippen LogP contribution in [0.4, 0.5) is 5.69 Å². The molecule has 7 rings (SSSR count). The third-order valence-electron chi connectivity index (χ3n) is 9.00. The number of aromatic nitrogens is 1. The Morgan fingerprint density at radius 3 is 2.60 bits per heavy atom. The number of aryl methyl sites for hydroxylation is 1. The third kappa shape index (κ3) is 4.35. The highest BCUT2D eigenvalue weighted by Crippen LogP contribution is 2.68. The first-order valence-corrected chi connectivity index (χ1v) is 15.4. The van der Waals surface area contributed by atoms with Gasteiger partial charge in [0.15, 0.2) is 6.61 Å². The Bertz CT molecular complexity index is 1700. The van der Waals surface area contributed by atoms with E-state index in [0.29, 0.717) is 17.9 Å². The van der Waals surface area contributed by atoms with E-state index in [4.69, 9.17) is 4.74 Å². The first-order valence-electron chi connectivity index (χ1n) is 13.8. The Morgan fingerprint density at radius 2 is 1.83 bits per heavy atom. The number of H-pyrrole nitrogens is 1. The van der Waals surface area contributed by atoms with Gasteiger partial charge in [0.1, 0.15) is 12.3 Å². The van der Waals surface area contributed by atoms with Gasteiger partial charge >= 0.3 is 10.8 Å². The maximum atomic E-state index is 13.4. The fourth-order valence-corrected chi connectivity index (χ4v) is 10.5. The molecule has 1 saturated heterocycles.